The van der Waals surface area contributed by atoms with E-state index in [1.54, 1.807) is 21.3 Å². The lowest BCUT2D eigenvalue weighted by Gasteiger charge is -2.12. The standard InChI is InChI=1S/C20H26N4O3/c1-21-20(23-13-16-5-4-6-18(11-16)27-3)24-14-19(25)22-12-15-7-9-17(26-2)10-8-15/h4-11H,12-14H2,1-3H3,(H,22,25)(H2,21,23,24). The molecule has 0 fully saturated rings. The minimum absolute atomic E-state index is 0.116. The number of guanidine groups is 1. The van der Waals surface area contributed by atoms with E-state index in [-0.39, 0.29) is 12.5 Å². The van der Waals surface area contributed by atoms with E-state index in [1.807, 2.05) is 48.5 Å². The van der Waals surface area contributed by atoms with Gasteiger partial charge in [0, 0.05) is 20.1 Å². The summed E-state index contributed by atoms with van der Waals surface area (Å²) in [5.74, 6) is 2.03. The van der Waals surface area contributed by atoms with E-state index in [0.717, 1.165) is 22.6 Å². The zero-order valence-electron chi connectivity index (χ0n) is 15.9. The summed E-state index contributed by atoms with van der Waals surface area (Å²) < 4.78 is 10.3. The number of carbonyl (C=O) groups excluding carboxylic acids is 1. The average Bonchev–Trinajstić information content (AvgIpc) is 2.72. The second-order valence-electron chi connectivity index (χ2n) is 5.76. The van der Waals surface area contributed by atoms with Crippen LogP contribution in [0.5, 0.6) is 11.5 Å². The number of hydrogen-bond donors (Lipinski definition) is 3. The minimum atomic E-state index is -0.116. The molecule has 1 amide bonds. The van der Waals surface area contributed by atoms with E-state index >= 15 is 0 Å². The van der Waals surface area contributed by atoms with Gasteiger partial charge in [0.25, 0.3) is 0 Å². The van der Waals surface area contributed by atoms with Crippen LogP contribution in [-0.2, 0) is 17.9 Å². The third-order valence-electron chi connectivity index (χ3n) is 3.88. The van der Waals surface area contributed by atoms with Crippen LogP contribution in [0, 0.1) is 0 Å². The lowest BCUT2D eigenvalue weighted by molar-refractivity contribution is -0.120. The van der Waals surface area contributed by atoms with Gasteiger partial charge in [-0.25, -0.2) is 0 Å². The molecule has 144 valence electrons. The lowest BCUT2D eigenvalue weighted by atomic mass is 10.2. The molecule has 2 aromatic carbocycles. The van der Waals surface area contributed by atoms with Gasteiger partial charge in [0.1, 0.15) is 11.5 Å². The summed E-state index contributed by atoms with van der Waals surface area (Å²) in [4.78, 5) is 16.1. The van der Waals surface area contributed by atoms with Gasteiger partial charge in [-0.1, -0.05) is 24.3 Å². The van der Waals surface area contributed by atoms with E-state index in [4.69, 9.17) is 9.47 Å². The van der Waals surface area contributed by atoms with Crippen molar-refractivity contribution in [2.45, 2.75) is 13.1 Å². The Morgan fingerprint density at radius 1 is 0.889 bits per heavy atom. The zero-order chi connectivity index (χ0) is 19.5. The molecule has 3 N–H and O–H groups in total. The fourth-order valence-corrected chi connectivity index (χ4v) is 2.36. The molecule has 0 aromatic heterocycles. The van der Waals surface area contributed by atoms with E-state index < -0.39 is 0 Å². The predicted molar refractivity (Wildman–Crippen MR) is 106 cm³/mol. The number of amides is 1. The molecule has 0 aliphatic rings. The van der Waals surface area contributed by atoms with E-state index in [2.05, 4.69) is 20.9 Å². The van der Waals surface area contributed by atoms with Gasteiger partial charge in [-0.3, -0.25) is 9.79 Å². The number of rotatable bonds is 8. The first kappa shape index (κ1) is 20.1. The van der Waals surface area contributed by atoms with Gasteiger partial charge in [-0.2, -0.15) is 0 Å². The summed E-state index contributed by atoms with van der Waals surface area (Å²) in [5, 5.41) is 9.03. The van der Waals surface area contributed by atoms with Gasteiger partial charge < -0.3 is 25.4 Å². The lowest BCUT2D eigenvalue weighted by Crippen LogP contribution is -2.42. The number of ether oxygens (including phenoxy) is 2. The van der Waals surface area contributed by atoms with E-state index in [0.29, 0.717) is 19.0 Å². The van der Waals surface area contributed by atoms with Gasteiger partial charge in [-0.15, -0.1) is 0 Å². The van der Waals surface area contributed by atoms with E-state index in [1.165, 1.54) is 0 Å². The number of aliphatic imine (C=N–C) groups is 1. The molecule has 7 nitrogen and oxygen atoms in total. The Bertz CT molecular complexity index is 760. The normalized spacial score (nSPS) is 10.9. The first-order valence-electron chi connectivity index (χ1n) is 8.61. The SMILES string of the molecule is CN=C(NCC(=O)NCc1ccc(OC)cc1)NCc1cccc(OC)c1. The van der Waals surface area contributed by atoms with Crippen LogP contribution in [0.25, 0.3) is 0 Å². The molecule has 0 bridgehead atoms. The maximum atomic E-state index is 12.0. The molecule has 0 saturated heterocycles. The summed E-state index contributed by atoms with van der Waals surface area (Å²) in [6.45, 7) is 1.17. The largest absolute Gasteiger partial charge is 0.497 e. The molecule has 7 heteroatoms. The summed E-state index contributed by atoms with van der Waals surface area (Å²) >= 11 is 0. The molecule has 0 heterocycles. The molecule has 0 unspecified atom stereocenters. The summed E-state index contributed by atoms with van der Waals surface area (Å²) in [5.41, 5.74) is 2.06. The fraction of sp³-hybridized carbons (Fsp3) is 0.300. The monoisotopic (exact) mass is 370 g/mol. The number of benzene rings is 2. The van der Waals surface area contributed by atoms with Gasteiger partial charge in [-0.05, 0) is 35.4 Å². The van der Waals surface area contributed by atoms with Crippen LogP contribution in [-0.4, -0.2) is 39.7 Å². The molecule has 0 aliphatic carbocycles. The van der Waals surface area contributed by atoms with Crippen molar-refractivity contribution in [1.82, 2.24) is 16.0 Å². The third kappa shape index (κ3) is 6.89. The molecular weight excluding hydrogens is 344 g/mol. The number of nitrogens with zero attached hydrogens (tertiary/aromatic N) is 1. The van der Waals surface area contributed by atoms with Gasteiger partial charge in [0.05, 0.1) is 20.8 Å². The molecule has 0 radical (unpaired) electrons. The topological polar surface area (TPSA) is 84.0 Å². The molecular formula is C20H26N4O3. The molecule has 0 atom stereocenters. The van der Waals surface area contributed by atoms with Crippen LogP contribution in [0.3, 0.4) is 0 Å². The van der Waals surface area contributed by atoms with Crippen molar-refractivity contribution in [3.05, 3.63) is 59.7 Å². The third-order valence-corrected chi connectivity index (χ3v) is 3.88. The maximum absolute atomic E-state index is 12.0. The highest BCUT2D eigenvalue weighted by Gasteiger charge is 2.04. The highest BCUT2D eigenvalue weighted by molar-refractivity contribution is 5.86. The van der Waals surface area contributed by atoms with E-state index in [9.17, 15) is 4.79 Å². The van der Waals surface area contributed by atoms with Gasteiger partial charge >= 0.3 is 0 Å². The number of nitrogens with one attached hydrogen (secondary N) is 3. The molecule has 0 saturated carbocycles. The Morgan fingerprint density at radius 3 is 2.26 bits per heavy atom. The van der Waals surface area contributed by atoms with Crippen molar-refractivity contribution in [3.63, 3.8) is 0 Å². The highest BCUT2D eigenvalue weighted by atomic mass is 16.5. The predicted octanol–water partition coefficient (Wildman–Crippen LogP) is 1.69. The molecule has 27 heavy (non-hydrogen) atoms. The maximum Gasteiger partial charge on any atom is 0.239 e. The fourth-order valence-electron chi connectivity index (χ4n) is 2.36. The average molecular weight is 370 g/mol. The van der Waals surface area contributed by atoms with Crippen LogP contribution >= 0.6 is 0 Å². The Balaban J connectivity index is 1.73. The summed E-state index contributed by atoms with van der Waals surface area (Å²) in [6.07, 6.45) is 0. The van der Waals surface area contributed by atoms with Crippen molar-refractivity contribution in [2.75, 3.05) is 27.8 Å². The second-order valence-corrected chi connectivity index (χ2v) is 5.76. The van der Waals surface area contributed by atoms with Crippen molar-refractivity contribution < 1.29 is 14.3 Å². The van der Waals surface area contributed by atoms with Crippen LogP contribution in [0.15, 0.2) is 53.5 Å². The van der Waals surface area contributed by atoms with Crippen LogP contribution in [0.2, 0.25) is 0 Å². The first-order chi connectivity index (χ1) is 13.1. The molecule has 2 rings (SSSR count). The van der Waals surface area contributed by atoms with Crippen LogP contribution in [0.1, 0.15) is 11.1 Å². The Kier molecular flexibility index (Phi) is 7.96. The second kappa shape index (κ2) is 10.7. The van der Waals surface area contributed by atoms with Crippen molar-refractivity contribution in [3.8, 4) is 11.5 Å². The molecule has 2 aromatic rings. The number of methoxy groups -OCH3 is 2. The Hall–Kier alpha value is -3.22. The van der Waals surface area contributed by atoms with Crippen LogP contribution in [0.4, 0.5) is 0 Å². The van der Waals surface area contributed by atoms with Gasteiger partial charge in [0.15, 0.2) is 5.96 Å². The van der Waals surface area contributed by atoms with Crippen LogP contribution < -0.4 is 25.4 Å². The first-order valence-corrected chi connectivity index (χ1v) is 8.61. The smallest absolute Gasteiger partial charge is 0.239 e. The number of hydrogen-bond acceptors (Lipinski definition) is 4. The van der Waals surface area contributed by atoms with Crippen molar-refractivity contribution >= 4 is 11.9 Å². The molecule has 0 aliphatic heterocycles. The zero-order valence-corrected chi connectivity index (χ0v) is 15.9. The summed E-state index contributed by atoms with van der Waals surface area (Å²) in [6, 6.07) is 15.3. The Morgan fingerprint density at radius 2 is 1.59 bits per heavy atom. The summed E-state index contributed by atoms with van der Waals surface area (Å²) in [7, 11) is 4.92. The number of carbonyl (C=O) groups is 1. The Labute approximate surface area is 159 Å². The minimum Gasteiger partial charge on any atom is -0.497 e. The highest BCUT2D eigenvalue weighted by Crippen LogP contribution is 2.12. The quantitative estimate of drug-likeness (QED) is 0.486. The molecule has 0 spiro atoms. The van der Waals surface area contributed by atoms with Crippen molar-refractivity contribution in [2.24, 2.45) is 4.99 Å². The van der Waals surface area contributed by atoms with Crippen molar-refractivity contribution in [1.29, 1.82) is 0 Å². The van der Waals surface area contributed by atoms with Gasteiger partial charge in [0.2, 0.25) is 5.91 Å².